The summed E-state index contributed by atoms with van der Waals surface area (Å²) in [5, 5.41) is 0. The summed E-state index contributed by atoms with van der Waals surface area (Å²) < 4.78 is 1.15. The van der Waals surface area contributed by atoms with Crippen LogP contribution >= 0.6 is 15.9 Å². The van der Waals surface area contributed by atoms with Crippen molar-refractivity contribution < 1.29 is 0 Å². The zero-order chi connectivity index (χ0) is 13.8. The van der Waals surface area contributed by atoms with Gasteiger partial charge in [0.25, 0.3) is 0 Å². The number of hydrogen-bond donors (Lipinski definition) is 1. The third-order valence-corrected chi connectivity index (χ3v) is 4.58. The van der Waals surface area contributed by atoms with Gasteiger partial charge in [0.05, 0.1) is 0 Å². The molecule has 0 aromatic heterocycles. The fraction of sp³-hybridized carbons (Fsp3) is 0.625. The fourth-order valence-corrected chi connectivity index (χ4v) is 3.40. The summed E-state index contributed by atoms with van der Waals surface area (Å²) >= 11 is 3.60. The van der Waals surface area contributed by atoms with E-state index >= 15 is 0 Å². The van der Waals surface area contributed by atoms with Gasteiger partial charge in [0.1, 0.15) is 0 Å². The number of benzene rings is 1. The second-order valence-electron chi connectivity index (χ2n) is 5.86. The molecule has 2 N–H and O–H groups in total. The van der Waals surface area contributed by atoms with Crippen molar-refractivity contribution in [2.24, 2.45) is 5.73 Å². The maximum Gasteiger partial charge on any atom is 0.0410 e. The second kappa shape index (κ2) is 6.76. The Morgan fingerprint density at radius 2 is 2.00 bits per heavy atom. The van der Waals surface area contributed by atoms with Crippen molar-refractivity contribution in [3.8, 4) is 0 Å². The summed E-state index contributed by atoms with van der Waals surface area (Å²) in [7, 11) is 2.24. The molecule has 0 bridgehead atoms. The lowest BCUT2D eigenvalue weighted by molar-refractivity contribution is 0.427. The summed E-state index contributed by atoms with van der Waals surface area (Å²) in [6.07, 6.45) is 7.72. The van der Waals surface area contributed by atoms with Crippen LogP contribution in [0, 0.1) is 0 Å². The minimum absolute atomic E-state index is 0.208. The van der Waals surface area contributed by atoms with Gasteiger partial charge in [0.2, 0.25) is 0 Å². The molecule has 2 rings (SSSR count). The maximum atomic E-state index is 5.98. The van der Waals surface area contributed by atoms with Crippen LogP contribution in [0.5, 0.6) is 0 Å². The largest absolute Gasteiger partial charge is 0.371 e. The molecule has 3 heteroatoms. The first kappa shape index (κ1) is 14.9. The molecule has 19 heavy (non-hydrogen) atoms. The molecule has 0 radical (unpaired) electrons. The summed E-state index contributed by atoms with van der Waals surface area (Å²) in [6.45, 7) is 2.08. The van der Waals surface area contributed by atoms with Crippen molar-refractivity contribution in [1.82, 2.24) is 0 Å². The number of anilines is 1. The second-order valence-corrected chi connectivity index (χ2v) is 6.77. The van der Waals surface area contributed by atoms with Crippen molar-refractivity contribution in [3.63, 3.8) is 0 Å². The highest BCUT2D eigenvalue weighted by Crippen LogP contribution is 2.31. The molecular formula is C16H25BrN2. The molecule has 1 fully saturated rings. The molecule has 0 saturated heterocycles. The van der Waals surface area contributed by atoms with Crippen molar-refractivity contribution in [1.29, 1.82) is 0 Å². The molecule has 1 unspecified atom stereocenters. The van der Waals surface area contributed by atoms with E-state index in [1.165, 1.54) is 43.4 Å². The Kier molecular flexibility index (Phi) is 5.28. The Morgan fingerprint density at radius 1 is 1.32 bits per heavy atom. The van der Waals surface area contributed by atoms with Crippen LogP contribution < -0.4 is 10.6 Å². The van der Waals surface area contributed by atoms with Gasteiger partial charge in [-0.25, -0.2) is 0 Å². The Labute approximate surface area is 125 Å². The number of halogens is 1. The molecule has 0 heterocycles. The SMILES string of the molecule is CC(N)Cc1ccc(Br)cc1N(C)C1CCCCC1. The lowest BCUT2D eigenvalue weighted by atomic mass is 9.93. The van der Waals surface area contributed by atoms with Crippen LogP contribution in [0.15, 0.2) is 22.7 Å². The van der Waals surface area contributed by atoms with Crippen LogP contribution in [-0.4, -0.2) is 19.1 Å². The van der Waals surface area contributed by atoms with Crippen LogP contribution in [0.1, 0.15) is 44.6 Å². The van der Waals surface area contributed by atoms with E-state index in [-0.39, 0.29) is 6.04 Å². The third kappa shape index (κ3) is 3.96. The van der Waals surface area contributed by atoms with Gasteiger partial charge in [-0.3, -0.25) is 0 Å². The van der Waals surface area contributed by atoms with E-state index < -0.39 is 0 Å². The zero-order valence-corrected chi connectivity index (χ0v) is 13.6. The van der Waals surface area contributed by atoms with E-state index in [4.69, 9.17) is 5.73 Å². The van der Waals surface area contributed by atoms with Crippen molar-refractivity contribution in [2.75, 3.05) is 11.9 Å². The summed E-state index contributed by atoms with van der Waals surface area (Å²) in [5.41, 5.74) is 8.69. The number of nitrogens with zero attached hydrogens (tertiary/aromatic N) is 1. The van der Waals surface area contributed by atoms with Crippen molar-refractivity contribution in [2.45, 2.75) is 57.5 Å². The first-order valence-electron chi connectivity index (χ1n) is 7.35. The summed E-state index contributed by atoms with van der Waals surface area (Å²) in [5.74, 6) is 0. The molecule has 106 valence electrons. The monoisotopic (exact) mass is 324 g/mol. The van der Waals surface area contributed by atoms with E-state index in [1.54, 1.807) is 0 Å². The highest BCUT2D eigenvalue weighted by Gasteiger charge is 2.20. The Balaban J connectivity index is 2.22. The van der Waals surface area contributed by atoms with Gasteiger partial charge in [-0.05, 0) is 43.9 Å². The zero-order valence-electron chi connectivity index (χ0n) is 12.0. The lowest BCUT2D eigenvalue weighted by Gasteiger charge is -2.34. The molecule has 0 aliphatic heterocycles. The van der Waals surface area contributed by atoms with Gasteiger partial charge in [-0.15, -0.1) is 0 Å². The van der Waals surface area contributed by atoms with E-state index in [1.807, 2.05) is 0 Å². The molecule has 0 amide bonds. The van der Waals surface area contributed by atoms with E-state index in [0.717, 1.165) is 10.9 Å². The van der Waals surface area contributed by atoms with Gasteiger partial charge >= 0.3 is 0 Å². The van der Waals surface area contributed by atoms with Crippen molar-refractivity contribution in [3.05, 3.63) is 28.2 Å². The molecular weight excluding hydrogens is 300 g/mol. The van der Waals surface area contributed by atoms with E-state index in [0.29, 0.717) is 6.04 Å². The number of rotatable bonds is 4. The van der Waals surface area contributed by atoms with Crippen LogP contribution in [0.25, 0.3) is 0 Å². The number of hydrogen-bond acceptors (Lipinski definition) is 2. The third-order valence-electron chi connectivity index (χ3n) is 4.09. The highest BCUT2D eigenvalue weighted by molar-refractivity contribution is 9.10. The average molecular weight is 325 g/mol. The van der Waals surface area contributed by atoms with Crippen molar-refractivity contribution >= 4 is 21.6 Å². The lowest BCUT2D eigenvalue weighted by Crippen LogP contribution is -2.34. The first-order valence-corrected chi connectivity index (χ1v) is 8.14. The van der Waals surface area contributed by atoms with Gasteiger partial charge in [0, 0.05) is 29.3 Å². The quantitative estimate of drug-likeness (QED) is 0.903. The molecule has 1 aromatic rings. The predicted molar refractivity (Wildman–Crippen MR) is 86.8 cm³/mol. The van der Waals surface area contributed by atoms with Crippen LogP contribution in [0.4, 0.5) is 5.69 Å². The highest BCUT2D eigenvalue weighted by atomic mass is 79.9. The average Bonchev–Trinajstić information content (AvgIpc) is 2.40. The molecule has 2 nitrogen and oxygen atoms in total. The van der Waals surface area contributed by atoms with Crippen LogP contribution in [-0.2, 0) is 6.42 Å². The molecule has 1 atom stereocenters. The normalized spacial score (nSPS) is 18.3. The fourth-order valence-electron chi connectivity index (χ4n) is 3.05. The Morgan fingerprint density at radius 3 is 2.63 bits per heavy atom. The van der Waals surface area contributed by atoms with E-state index in [2.05, 4.69) is 53.0 Å². The molecule has 0 spiro atoms. The minimum atomic E-state index is 0.208. The van der Waals surface area contributed by atoms with E-state index in [9.17, 15) is 0 Å². The Bertz CT molecular complexity index is 411. The smallest absolute Gasteiger partial charge is 0.0410 e. The summed E-state index contributed by atoms with van der Waals surface area (Å²) in [6, 6.07) is 7.47. The van der Waals surface area contributed by atoms with Gasteiger partial charge in [-0.2, -0.15) is 0 Å². The Hall–Kier alpha value is -0.540. The molecule has 1 saturated carbocycles. The first-order chi connectivity index (χ1) is 9.08. The van der Waals surface area contributed by atoms with Crippen LogP contribution in [0.2, 0.25) is 0 Å². The molecule has 1 aliphatic carbocycles. The standard InChI is InChI=1S/C16H25BrN2/c1-12(18)10-13-8-9-14(17)11-16(13)19(2)15-6-4-3-5-7-15/h8-9,11-12,15H,3-7,10,18H2,1-2H3. The van der Waals surface area contributed by atoms with Gasteiger partial charge < -0.3 is 10.6 Å². The summed E-state index contributed by atoms with van der Waals surface area (Å²) in [4.78, 5) is 2.47. The number of nitrogens with two attached hydrogens (primary N) is 1. The van der Waals surface area contributed by atoms with Gasteiger partial charge in [0.15, 0.2) is 0 Å². The molecule has 1 aromatic carbocycles. The van der Waals surface area contributed by atoms with Crippen LogP contribution in [0.3, 0.4) is 0 Å². The predicted octanol–water partition coefficient (Wildman–Crippen LogP) is 4.11. The maximum absolute atomic E-state index is 5.98. The minimum Gasteiger partial charge on any atom is -0.371 e. The molecule has 1 aliphatic rings. The topological polar surface area (TPSA) is 29.3 Å². The van der Waals surface area contributed by atoms with Gasteiger partial charge in [-0.1, -0.05) is 41.3 Å².